The molecule has 1 unspecified atom stereocenters. The van der Waals surface area contributed by atoms with E-state index in [1.54, 1.807) is 0 Å². The summed E-state index contributed by atoms with van der Waals surface area (Å²) in [5.41, 5.74) is 0. The van der Waals surface area contributed by atoms with Crippen molar-refractivity contribution in [2.75, 3.05) is 13.2 Å². The third-order valence-electron chi connectivity index (χ3n) is 1.82. The summed E-state index contributed by atoms with van der Waals surface area (Å²) in [5.74, 6) is 0. The van der Waals surface area contributed by atoms with Gasteiger partial charge in [-0.15, -0.1) is 0 Å². The van der Waals surface area contributed by atoms with Crippen LogP contribution in [0.3, 0.4) is 0 Å². The fourth-order valence-corrected chi connectivity index (χ4v) is 1.09. The number of rotatable bonds is 8. The summed E-state index contributed by atoms with van der Waals surface area (Å²) in [6.07, 6.45) is 6.23. The molecule has 12 heavy (non-hydrogen) atoms. The van der Waals surface area contributed by atoms with Gasteiger partial charge in [0.2, 0.25) is 0 Å². The Morgan fingerprint density at radius 1 is 1.17 bits per heavy atom. The Balaban J connectivity index is 2.82. The van der Waals surface area contributed by atoms with Gasteiger partial charge in [0.05, 0.1) is 0 Å². The molecule has 0 aliphatic heterocycles. The van der Waals surface area contributed by atoms with Crippen molar-refractivity contribution in [2.24, 2.45) is 0 Å². The molecule has 0 N–H and O–H groups in total. The van der Waals surface area contributed by atoms with E-state index in [0.717, 1.165) is 19.6 Å². The first-order valence-electron chi connectivity index (χ1n) is 5.03. The predicted octanol–water partition coefficient (Wildman–Crippen LogP) is 3.29. The Kier molecular flexibility index (Phi) is 9.64. The highest BCUT2D eigenvalue weighted by Crippen LogP contribution is 2.01. The topological polar surface area (TPSA) is 9.23 Å². The second kappa shape index (κ2) is 9.40. The van der Waals surface area contributed by atoms with E-state index in [1.807, 2.05) is 0 Å². The van der Waals surface area contributed by atoms with Gasteiger partial charge in [-0.1, -0.05) is 33.1 Å². The van der Waals surface area contributed by atoms with Crippen LogP contribution in [0.2, 0.25) is 0 Å². The van der Waals surface area contributed by atoms with E-state index in [-0.39, 0.29) is 0 Å². The minimum absolute atomic E-state index is 0.473. The van der Waals surface area contributed by atoms with E-state index in [1.165, 1.54) is 25.7 Å². The summed E-state index contributed by atoms with van der Waals surface area (Å²) >= 11 is 4.28. The van der Waals surface area contributed by atoms with Gasteiger partial charge in [0.25, 0.3) is 0 Å². The highest BCUT2D eigenvalue weighted by atomic mass is 32.1. The maximum Gasteiger partial charge on any atom is 0.0476 e. The van der Waals surface area contributed by atoms with Crippen LogP contribution >= 0.6 is 12.6 Å². The van der Waals surface area contributed by atoms with Crippen molar-refractivity contribution in [2.45, 2.75) is 51.2 Å². The lowest BCUT2D eigenvalue weighted by Gasteiger charge is -2.05. The zero-order valence-electron chi connectivity index (χ0n) is 8.38. The largest absolute Gasteiger partial charge is 0.381 e. The Bertz CT molecular complexity index is 83.9. The molecule has 2 heteroatoms. The van der Waals surface area contributed by atoms with Crippen LogP contribution in [-0.4, -0.2) is 18.5 Å². The first-order chi connectivity index (χ1) is 5.77. The van der Waals surface area contributed by atoms with Crippen LogP contribution in [0.4, 0.5) is 0 Å². The molecule has 0 rings (SSSR count). The number of hydrogen-bond acceptors (Lipinski definition) is 2. The molecule has 74 valence electrons. The molecule has 0 amide bonds. The van der Waals surface area contributed by atoms with Gasteiger partial charge < -0.3 is 4.74 Å². The number of hydrogen-bond donors (Lipinski definition) is 1. The van der Waals surface area contributed by atoms with Crippen LogP contribution in [-0.2, 0) is 4.74 Å². The fourth-order valence-electron chi connectivity index (χ4n) is 0.987. The predicted molar refractivity (Wildman–Crippen MR) is 58.0 cm³/mol. The summed E-state index contributed by atoms with van der Waals surface area (Å²) in [5, 5.41) is 0.473. The zero-order valence-corrected chi connectivity index (χ0v) is 9.28. The Morgan fingerprint density at radius 3 is 2.50 bits per heavy atom. The zero-order chi connectivity index (χ0) is 9.23. The third kappa shape index (κ3) is 10.3. The van der Waals surface area contributed by atoms with Gasteiger partial charge in [-0.25, -0.2) is 0 Å². The van der Waals surface area contributed by atoms with Gasteiger partial charge in [0, 0.05) is 18.5 Å². The average Bonchev–Trinajstić information content (AvgIpc) is 2.02. The first kappa shape index (κ1) is 12.3. The van der Waals surface area contributed by atoms with Crippen molar-refractivity contribution in [1.82, 2.24) is 0 Å². The molecule has 0 aromatic carbocycles. The Labute approximate surface area is 82.3 Å². The molecule has 0 saturated heterocycles. The lowest BCUT2D eigenvalue weighted by Crippen LogP contribution is -2.02. The van der Waals surface area contributed by atoms with Gasteiger partial charge in [-0.2, -0.15) is 12.6 Å². The highest BCUT2D eigenvalue weighted by Gasteiger charge is 1.94. The second-order valence-electron chi connectivity index (χ2n) is 3.31. The summed E-state index contributed by atoms with van der Waals surface area (Å²) in [6, 6.07) is 0. The second-order valence-corrected chi connectivity index (χ2v) is 4.19. The number of ether oxygens (including phenoxy) is 1. The maximum absolute atomic E-state index is 5.44. The summed E-state index contributed by atoms with van der Waals surface area (Å²) in [6.45, 7) is 6.13. The highest BCUT2D eigenvalue weighted by molar-refractivity contribution is 7.80. The van der Waals surface area contributed by atoms with Crippen molar-refractivity contribution in [3.05, 3.63) is 0 Å². The molecule has 0 aromatic heterocycles. The number of unbranched alkanes of at least 4 members (excludes halogenated alkanes) is 3. The molecule has 0 bridgehead atoms. The van der Waals surface area contributed by atoms with Gasteiger partial charge in [0.1, 0.15) is 0 Å². The molecular formula is C10H22OS. The summed E-state index contributed by atoms with van der Waals surface area (Å²) < 4.78 is 5.44. The summed E-state index contributed by atoms with van der Waals surface area (Å²) in [7, 11) is 0. The molecule has 1 nitrogen and oxygen atoms in total. The molecule has 0 saturated carbocycles. The molecule has 0 heterocycles. The normalized spacial score (nSPS) is 13.2. The minimum Gasteiger partial charge on any atom is -0.381 e. The van der Waals surface area contributed by atoms with Gasteiger partial charge in [-0.3, -0.25) is 0 Å². The monoisotopic (exact) mass is 190 g/mol. The quantitative estimate of drug-likeness (QED) is 0.456. The van der Waals surface area contributed by atoms with Gasteiger partial charge >= 0.3 is 0 Å². The van der Waals surface area contributed by atoms with E-state index in [0.29, 0.717) is 5.25 Å². The van der Waals surface area contributed by atoms with E-state index in [9.17, 15) is 0 Å². The molecule has 0 spiro atoms. The van der Waals surface area contributed by atoms with E-state index in [4.69, 9.17) is 4.74 Å². The van der Waals surface area contributed by atoms with Crippen LogP contribution in [0.15, 0.2) is 0 Å². The van der Waals surface area contributed by atoms with Crippen LogP contribution in [0.1, 0.15) is 46.0 Å². The van der Waals surface area contributed by atoms with Crippen molar-refractivity contribution < 1.29 is 4.74 Å². The Morgan fingerprint density at radius 2 is 1.92 bits per heavy atom. The van der Waals surface area contributed by atoms with Crippen molar-refractivity contribution in [1.29, 1.82) is 0 Å². The standard InChI is InChI=1S/C10H22OS/c1-3-4-5-6-8-11-9-7-10(2)12/h10,12H,3-9H2,1-2H3. The SMILES string of the molecule is CCCCCCOCCC(C)S. The Hall–Kier alpha value is 0.310. The molecule has 0 aliphatic carbocycles. The van der Waals surface area contributed by atoms with E-state index in [2.05, 4.69) is 26.5 Å². The van der Waals surface area contributed by atoms with Crippen LogP contribution in [0, 0.1) is 0 Å². The van der Waals surface area contributed by atoms with E-state index >= 15 is 0 Å². The first-order valence-corrected chi connectivity index (χ1v) is 5.54. The van der Waals surface area contributed by atoms with Crippen molar-refractivity contribution in [3.8, 4) is 0 Å². The lowest BCUT2D eigenvalue weighted by molar-refractivity contribution is 0.128. The van der Waals surface area contributed by atoms with Crippen LogP contribution in [0.5, 0.6) is 0 Å². The van der Waals surface area contributed by atoms with Gasteiger partial charge in [-0.05, 0) is 12.8 Å². The molecule has 0 aliphatic rings. The fraction of sp³-hybridized carbons (Fsp3) is 1.00. The molecule has 0 radical (unpaired) electrons. The van der Waals surface area contributed by atoms with E-state index < -0.39 is 0 Å². The van der Waals surface area contributed by atoms with Crippen LogP contribution < -0.4 is 0 Å². The smallest absolute Gasteiger partial charge is 0.0476 e. The van der Waals surface area contributed by atoms with Crippen molar-refractivity contribution in [3.63, 3.8) is 0 Å². The third-order valence-corrected chi connectivity index (χ3v) is 2.08. The molecule has 0 aromatic rings. The van der Waals surface area contributed by atoms with Crippen LogP contribution in [0.25, 0.3) is 0 Å². The molecular weight excluding hydrogens is 168 g/mol. The average molecular weight is 190 g/mol. The molecule has 0 fully saturated rings. The molecule has 1 atom stereocenters. The number of thiol groups is 1. The summed E-state index contributed by atoms with van der Waals surface area (Å²) in [4.78, 5) is 0. The van der Waals surface area contributed by atoms with Crippen molar-refractivity contribution >= 4 is 12.6 Å². The maximum atomic E-state index is 5.44. The van der Waals surface area contributed by atoms with Gasteiger partial charge in [0.15, 0.2) is 0 Å². The lowest BCUT2D eigenvalue weighted by atomic mass is 10.2. The minimum atomic E-state index is 0.473.